The van der Waals surface area contributed by atoms with Gasteiger partial charge in [0, 0.05) is 28.4 Å². The minimum atomic E-state index is -0.230. The molecule has 0 saturated heterocycles. The van der Waals surface area contributed by atoms with Gasteiger partial charge in [-0.05, 0) is 38.0 Å². The number of rotatable bonds is 6. The molecule has 0 spiro atoms. The molecule has 0 bridgehead atoms. The number of nitrogens with zero attached hydrogens (tertiary/aromatic N) is 2. The normalized spacial score (nSPS) is 11.2. The number of aryl methyl sites for hydroxylation is 2. The Hall–Kier alpha value is -2.90. The molecule has 0 fully saturated rings. The third-order valence-corrected chi connectivity index (χ3v) is 6.56. The van der Waals surface area contributed by atoms with Crippen molar-refractivity contribution in [1.29, 1.82) is 0 Å². The van der Waals surface area contributed by atoms with E-state index in [9.17, 15) is 9.59 Å². The zero-order valence-corrected chi connectivity index (χ0v) is 19.1. The molecule has 31 heavy (non-hydrogen) atoms. The first-order valence-electron chi connectivity index (χ1n) is 10.0. The molecule has 0 aliphatic heterocycles. The van der Waals surface area contributed by atoms with Crippen molar-refractivity contribution in [2.75, 3.05) is 6.61 Å². The number of hydrogen-bond donors (Lipinski definition) is 1. The Balaban J connectivity index is 1.89. The maximum atomic E-state index is 13.5. The molecule has 0 saturated carbocycles. The average molecular weight is 456 g/mol. The van der Waals surface area contributed by atoms with Crippen LogP contribution in [0, 0.1) is 13.8 Å². The number of fused-ring (bicyclic) bond motifs is 1. The highest BCUT2D eigenvalue weighted by molar-refractivity contribution is 7.18. The van der Waals surface area contributed by atoms with E-state index >= 15 is 0 Å². The van der Waals surface area contributed by atoms with Crippen molar-refractivity contribution in [1.82, 2.24) is 14.5 Å². The molecule has 6 nitrogen and oxygen atoms in total. The number of hydrogen-bond acceptors (Lipinski definition) is 5. The Morgan fingerprint density at radius 2 is 2.00 bits per heavy atom. The summed E-state index contributed by atoms with van der Waals surface area (Å²) in [4.78, 5) is 35.6. The molecule has 1 N–H and O–H groups in total. The zero-order valence-electron chi connectivity index (χ0n) is 17.5. The summed E-state index contributed by atoms with van der Waals surface area (Å²) in [6.07, 6.45) is 2.35. The van der Waals surface area contributed by atoms with Crippen LogP contribution in [0.15, 0.2) is 46.1 Å². The first-order valence-corrected chi connectivity index (χ1v) is 11.2. The Kier molecular flexibility index (Phi) is 5.98. The third-order valence-electron chi connectivity index (χ3n) is 5.13. The van der Waals surface area contributed by atoms with Crippen LogP contribution in [0.3, 0.4) is 0 Å². The largest absolute Gasteiger partial charge is 0.488 e. The fourth-order valence-corrected chi connectivity index (χ4v) is 4.65. The van der Waals surface area contributed by atoms with Crippen LogP contribution in [0.25, 0.3) is 21.6 Å². The van der Waals surface area contributed by atoms with Gasteiger partial charge in [0.05, 0.1) is 23.6 Å². The SMILES string of the molecule is CCCOc1c[nH]c(Cn2c(-c3ccccc3Cl)nc3sc(C)c(C)c3c2=O)cc1=O. The number of thiophene rings is 1. The van der Waals surface area contributed by atoms with Gasteiger partial charge in [0.2, 0.25) is 5.43 Å². The maximum absolute atomic E-state index is 13.5. The molecule has 3 heterocycles. The van der Waals surface area contributed by atoms with Gasteiger partial charge in [0.25, 0.3) is 5.56 Å². The van der Waals surface area contributed by atoms with Crippen LogP contribution >= 0.6 is 22.9 Å². The van der Waals surface area contributed by atoms with Crippen molar-refractivity contribution < 1.29 is 4.74 Å². The van der Waals surface area contributed by atoms with E-state index in [1.165, 1.54) is 17.4 Å². The van der Waals surface area contributed by atoms with Crippen molar-refractivity contribution in [3.63, 3.8) is 0 Å². The smallest absolute Gasteiger partial charge is 0.263 e. The van der Waals surface area contributed by atoms with Crippen LogP contribution < -0.4 is 15.7 Å². The number of halogens is 1. The van der Waals surface area contributed by atoms with Gasteiger partial charge in [0.15, 0.2) is 5.75 Å². The maximum Gasteiger partial charge on any atom is 0.263 e. The van der Waals surface area contributed by atoms with Crippen molar-refractivity contribution in [3.8, 4) is 17.1 Å². The van der Waals surface area contributed by atoms with Crippen molar-refractivity contribution >= 4 is 33.2 Å². The molecule has 0 aliphatic carbocycles. The van der Waals surface area contributed by atoms with E-state index in [-0.39, 0.29) is 23.3 Å². The van der Waals surface area contributed by atoms with Crippen molar-refractivity contribution in [2.45, 2.75) is 33.7 Å². The summed E-state index contributed by atoms with van der Waals surface area (Å²) in [7, 11) is 0. The second-order valence-corrected chi connectivity index (χ2v) is 8.92. The molecule has 8 heteroatoms. The van der Waals surface area contributed by atoms with E-state index in [0.29, 0.717) is 38.9 Å². The molecule has 4 rings (SSSR count). The zero-order chi connectivity index (χ0) is 22.1. The summed E-state index contributed by atoms with van der Waals surface area (Å²) in [5.41, 5.74) is 1.78. The molecule has 0 amide bonds. The van der Waals surface area contributed by atoms with E-state index in [1.54, 1.807) is 16.8 Å². The van der Waals surface area contributed by atoms with E-state index in [4.69, 9.17) is 21.3 Å². The molecule has 1 aromatic carbocycles. The van der Waals surface area contributed by atoms with Gasteiger partial charge in [-0.1, -0.05) is 30.7 Å². The average Bonchev–Trinajstić information content (AvgIpc) is 3.03. The molecule has 4 aromatic rings. The fraction of sp³-hybridized carbons (Fsp3) is 0.261. The van der Waals surface area contributed by atoms with Crippen LogP contribution in [0.1, 0.15) is 29.5 Å². The quantitative estimate of drug-likeness (QED) is 0.447. The summed E-state index contributed by atoms with van der Waals surface area (Å²) in [5.74, 6) is 0.735. The van der Waals surface area contributed by atoms with Gasteiger partial charge >= 0.3 is 0 Å². The second kappa shape index (κ2) is 8.69. The van der Waals surface area contributed by atoms with Gasteiger partial charge in [-0.3, -0.25) is 14.2 Å². The van der Waals surface area contributed by atoms with Crippen LogP contribution in [0.5, 0.6) is 5.75 Å². The molecule has 0 unspecified atom stereocenters. The number of ether oxygens (including phenoxy) is 1. The number of aromatic amines is 1. The van der Waals surface area contributed by atoms with Gasteiger partial charge in [-0.15, -0.1) is 11.3 Å². The Morgan fingerprint density at radius 3 is 2.71 bits per heavy atom. The van der Waals surface area contributed by atoms with E-state index < -0.39 is 0 Å². The first-order chi connectivity index (χ1) is 14.9. The summed E-state index contributed by atoms with van der Waals surface area (Å²) < 4.78 is 7.03. The van der Waals surface area contributed by atoms with Gasteiger partial charge in [0.1, 0.15) is 10.7 Å². The first kappa shape index (κ1) is 21.3. The van der Waals surface area contributed by atoms with Crippen LogP contribution in [0.2, 0.25) is 5.02 Å². The lowest BCUT2D eigenvalue weighted by atomic mass is 10.1. The number of H-pyrrole nitrogens is 1. The highest BCUT2D eigenvalue weighted by Gasteiger charge is 2.19. The molecular formula is C23H22ClN3O3S. The standard InChI is InChI=1S/C23H22ClN3O3S/c1-4-9-30-19-11-25-15(10-18(19)28)12-27-21(16-7-5-6-8-17(16)24)26-22-20(23(27)29)13(2)14(3)31-22/h5-8,10-11H,4,9,12H2,1-3H3,(H,25,28). The van der Waals surface area contributed by atoms with E-state index in [1.807, 2.05) is 39.0 Å². The predicted octanol–water partition coefficient (Wildman–Crippen LogP) is 4.92. The summed E-state index contributed by atoms with van der Waals surface area (Å²) in [6, 6.07) is 8.76. The van der Waals surface area contributed by atoms with Gasteiger partial charge < -0.3 is 9.72 Å². The third kappa shape index (κ3) is 4.03. The molecule has 0 atom stereocenters. The van der Waals surface area contributed by atoms with Crippen molar-refractivity contribution in [2.24, 2.45) is 0 Å². The monoisotopic (exact) mass is 455 g/mol. The van der Waals surface area contributed by atoms with Gasteiger partial charge in [-0.25, -0.2) is 4.98 Å². The Bertz CT molecular complexity index is 1390. The molecule has 0 aliphatic rings. The summed E-state index contributed by atoms with van der Waals surface area (Å²) in [5, 5.41) is 1.10. The van der Waals surface area contributed by atoms with E-state index in [2.05, 4.69) is 4.98 Å². The second-order valence-electron chi connectivity index (χ2n) is 7.31. The minimum absolute atomic E-state index is 0.153. The lowest BCUT2D eigenvalue weighted by Crippen LogP contribution is -2.25. The van der Waals surface area contributed by atoms with Crippen LogP contribution in [-0.4, -0.2) is 21.1 Å². The highest BCUT2D eigenvalue weighted by Crippen LogP contribution is 2.31. The number of nitrogens with one attached hydrogen (secondary N) is 1. The Morgan fingerprint density at radius 1 is 1.23 bits per heavy atom. The summed E-state index contributed by atoms with van der Waals surface area (Å²) in [6.45, 7) is 6.50. The lowest BCUT2D eigenvalue weighted by Gasteiger charge is -2.14. The topological polar surface area (TPSA) is 77.0 Å². The van der Waals surface area contributed by atoms with Crippen molar-refractivity contribution in [3.05, 3.63) is 78.3 Å². The summed E-state index contributed by atoms with van der Waals surface area (Å²) >= 11 is 7.93. The molecular weight excluding hydrogens is 434 g/mol. The lowest BCUT2D eigenvalue weighted by molar-refractivity contribution is 0.313. The van der Waals surface area contributed by atoms with Crippen LogP contribution in [-0.2, 0) is 6.54 Å². The highest BCUT2D eigenvalue weighted by atomic mass is 35.5. The fourth-order valence-electron chi connectivity index (χ4n) is 3.41. The Labute approximate surface area is 188 Å². The minimum Gasteiger partial charge on any atom is -0.488 e. The van der Waals surface area contributed by atoms with Gasteiger partial charge in [-0.2, -0.15) is 0 Å². The predicted molar refractivity (Wildman–Crippen MR) is 126 cm³/mol. The molecule has 3 aromatic heterocycles. The van der Waals surface area contributed by atoms with E-state index in [0.717, 1.165) is 16.9 Å². The van der Waals surface area contributed by atoms with Crippen LogP contribution in [0.4, 0.5) is 0 Å². The molecule has 0 radical (unpaired) electrons. The number of benzene rings is 1. The number of pyridine rings is 1. The molecule has 160 valence electrons. The number of aromatic nitrogens is 3.